The molecular formula is C22H22F3N3O3. The van der Waals surface area contributed by atoms with Crippen molar-refractivity contribution in [2.24, 2.45) is 0 Å². The first-order chi connectivity index (χ1) is 14.8. The van der Waals surface area contributed by atoms with E-state index >= 15 is 0 Å². The molecule has 1 N–H and O–H groups in total. The van der Waals surface area contributed by atoms with Crippen molar-refractivity contribution >= 4 is 17.5 Å². The van der Waals surface area contributed by atoms with Gasteiger partial charge in [0, 0.05) is 18.2 Å². The summed E-state index contributed by atoms with van der Waals surface area (Å²) >= 11 is 0. The second kappa shape index (κ2) is 8.20. The van der Waals surface area contributed by atoms with Crippen LogP contribution in [0.2, 0.25) is 0 Å². The topological polar surface area (TPSA) is 71.5 Å². The van der Waals surface area contributed by atoms with Gasteiger partial charge in [-0.25, -0.2) is 4.98 Å². The summed E-state index contributed by atoms with van der Waals surface area (Å²) in [5.74, 6) is -0.589. The molecule has 31 heavy (non-hydrogen) atoms. The molecule has 0 bridgehead atoms. The number of halogens is 3. The Hall–Kier alpha value is -3.10. The number of hydrogen-bond acceptors (Lipinski definition) is 4. The highest BCUT2D eigenvalue weighted by molar-refractivity contribution is 6.05. The SMILES string of the molecule is COc1cc2c(cc1NC(=O)c1cccc(C(F)(F)F)n1)CN(C1CCCCC1)C2=O. The highest BCUT2D eigenvalue weighted by atomic mass is 19.4. The third kappa shape index (κ3) is 4.22. The van der Waals surface area contributed by atoms with Gasteiger partial charge in [-0.15, -0.1) is 0 Å². The molecule has 164 valence electrons. The summed E-state index contributed by atoms with van der Waals surface area (Å²) < 4.78 is 44.0. The van der Waals surface area contributed by atoms with Gasteiger partial charge in [-0.2, -0.15) is 13.2 Å². The summed E-state index contributed by atoms with van der Waals surface area (Å²) in [5.41, 5.74) is 0.0529. The van der Waals surface area contributed by atoms with E-state index in [2.05, 4.69) is 10.3 Å². The maximum absolute atomic E-state index is 12.9. The highest BCUT2D eigenvalue weighted by Gasteiger charge is 2.35. The molecule has 2 aliphatic rings. The van der Waals surface area contributed by atoms with Gasteiger partial charge in [-0.3, -0.25) is 9.59 Å². The maximum Gasteiger partial charge on any atom is 0.433 e. The first kappa shape index (κ1) is 21.1. The Morgan fingerprint density at radius 2 is 1.94 bits per heavy atom. The maximum atomic E-state index is 12.9. The normalized spacial score (nSPS) is 16.9. The van der Waals surface area contributed by atoms with Crippen LogP contribution in [-0.4, -0.2) is 34.8 Å². The number of fused-ring (bicyclic) bond motifs is 1. The van der Waals surface area contributed by atoms with Crippen molar-refractivity contribution in [2.45, 2.75) is 50.9 Å². The zero-order valence-electron chi connectivity index (χ0n) is 17.0. The van der Waals surface area contributed by atoms with E-state index in [1.54, 1.807) is 12.1 Å². The molecule has 0 atom stereocenters. The van der Waals surface area contributed by atoms with Gasteiger partial charge in [-0.05, 0) is 42.7 Å². The van der Waals surface area contributed by atoms with Gasteiger partial charge < -0.3 is 15.0 Å². The number of carbonyl (C=O) groups is 2. The van der Waals surface area contributed by atoms with Crippen molar-refractivity contribution in [2.75, 3.05) is 12.4 Å². The summed E-state index contributed by atoms with van der Waals surface area (Å²) in [7, 11) is 1.40. The number of aromatic nitrogens is 1. The van der Waals surface area contributed by atoms with Gasteiger partial charge in [0.25, 0.3) is 11.8 Å². The first-order valence-electron chi connectivity index (χ1n) is 10.2. The van der Waals surface area contributed by atoms with E-state index in [0.29, 0.717) is 12.1 Å². The van der Waals surface area contributed by atoms with Gasteiger partial charge >= 0.3 is 6.18 Å². The summed E-state index contributed by atoms with van der Waals surface area (Å²) in [4.78, 5) is 30.8. The van der Waals surface area contributed by atoms with Gasteiger partial charge in [0.2, 0.25) is 0 Å². The number of hydrogen-bond donors (Lipinski definition) is 1. The second-order valence-electron chi connectivity index (χ2n) is 7.79. The van der Waals surface area contributed by atoms with Crippen molar-refractivity contribution in [3.63, 3.8) is 0 Å². The Kier molecular flexibility index (Phi) is 5.60. The minimum Gasteiger partial charge on any atom is -0.495 e. The van der Waals surface area contributed by atoms with Crippen molar-refractivity contribution in [1.82, 2.24) is 9.88 Å². The molecule has 1 aliphatic carbocycles. The van der Waals surface area contributed by atoms with Crippen LogP contribution in [-0.2, 0) is 12.7 Å². The molecule has 2 amide bonds. The zero-order valence-corrected chi connectivity index (χ0v) is 17.0. The molecular weight excluding hydrogens is 411 g/mol. The molecule has 2 aromatic rings. The molecule has 0 spiro atoms. The molecule has 0 saturated heterocycles. The number of pyridine rings is 1. The number of methoxy groups -OCH3 is 1. The predicted octanol–water partition coefficient (Wildman–Crippen LogP) is 4.65. The van der Waals surface area contributed by atoms with Crippen molar-refractivity contribution in [3.8, 4) is 5.75 Å². The lowest BCUT2D eigenvalue weighted by atomic mass is 9.94. The average Bonchev–Trinajstić information content (AvgIpc) is 3.08. The fraction of sp³-hybridized carbons (Fsp3) is 0.409. The minimum atomic E-state index is -4.65. The molecule has 6 nitrogen and oxygen atoms in total. The van der Waals surface area contributed by atoms with Gasteiger partial charge in [0.15, 0.2) is 0 Å². The number of rotatable bonds is 4. The monoisotopic (exact) mass is 433 g/mol. The number of carbonyl (C=O) groups excluding carboxylic acids is 2. The smallest absolute Gasteiger partial charge is 0.433 e. The van der Waals surface area contributed by atoms with E-state index in [9.17, 15) is 22.8 Å². The predicted molar refractivity (Wildman–Crippen MR) is 107 cm³/mol. The average molecular weight is 433 g/mol. The fourth-order valence-electron chi connectivity index (χ4n) is 4.22. The Morgan fingerprint density at radius 1 is 1.19 bits per heavy atom. The van der Waals surface area contributed by atoms with Gasteiger partial charge in [-0.1, -0.05) is 25.3 Å². The Bertz CT molecular complexity index is 1020. The molecule has 0 unspecified atom stereocenters. The lowest BCUT2D eigenvalue weighted by Crippen LogP contribution is -2.36. The van der Waals surface area contributed by atoms with Crippen LogP contribution in [0, 0.1) is 0 Å². The van der Waals surface area contributed by atoms with Gasteiger partial charge in [0.1, 0.15) is 17.1 Å². The number of nitrogens with zero attached hydrogens (tertiary/aromatic N) is 2. The molecule has 1 aliphatic heterocycles. The number of amides is 2. The van der Waals surface area contributed by atoms with E-state index in [4.69, 9.17) is 4.74 Å². The van der Waals surface area contributed by atoms with Crippen LogP contribution in [0.4, 0.5) is 18.9 Å². The molecule has 4 rings (SSSR count). The van der Waals surface area contributed by atoms with E-state index < -0.39 is 17.8 Å². The Labute approximate surface area is 177 Å². The number of nitrogens with one attached hydrogen (secondary N) is 1. The summed E-state index contributed by atoms with van der Waals surface area (Å²) in [6, 6.07) is 6.57. The molecule has 0 radical (unpaired) electrons. The summed E-state index contributed by atoms with van der Waals surface area (Å²) in [5, 5.41) is 2.57. The second-order valence-corrected chi connectivity index (χ2v) is 7.79. The standard InChI is InChI=1S/C22H22F3N3O3/c1-31-18-11-15-13(12-28(21(15)30)14-6-3-2-4-7-14)10-17(18)27-20(29)16-8-5-9-19(26-16)22(23,24)25/h5,8-11,14H,2-4,6-7,12H2,1H3,(H,27,29). The molecule has 1 saturated carbocycles. The molecule has 1 aromatic heterocycles. The first-order valence-corrected chi connectivity index (χ1v) is 10.2. The lowest BCUT2D eigenvalue weighted by molar-refractivity contribution is -0.141. The van der Waals surface area contributed by atoms with Gasteiger partial charge in [0.05, 0.1) is 12.8 Å². The third-order valence-corrected chi connectivity index (χ3v) is 5.79. The molecule has 1 aromatic carbocycles. The van der Waals surface area contributed by atoms with E-state index in [0.717, 1.165) is 43.4 Å². The van der Waals surface area contributed by atoms with Crippen molar-refractivity contribution < 1.29 is 27.5 Å². The minimum absolute atomic E-state index is 0.0578. The molecule has 9 heteroatoms. The lowest BCUT2D eigenvalue weighted by Gasteiger charge is -2.30. The Balaban J connectivity index is 1.58. The molecule has 2 heterocycles. The van der Waals surface area contributed by atoms with Crippen LogP contribution in [0.5, 0.6) is 5.75 Å². The fourth-order valence-corrected chi connectivity index (χ4v) is 4.22. The number of alkyl halides is 3. The third-order valence-electron chi connectivity index (χ3n) is 5.79. The largest absolute Gasteiger partial charge is 0.495 e. The van der Waals surface area contributed by atoms with Crippen molar-refractivity contribution in [1.29, 1.82) is 0 Å². The van der Waals surface area contributed by atoms with Crippen LogP contribution in [0.1, 0.15) is 64.2 Å². The number of ether oxygens (including phenoxy) is 1. The van der Waals surface area contributed by atoms with E-state index in [1.165, 1.54) is 19.6 Å². The van der Waals surface area contributed by atoms with Crippen LogP contribution in [0.15, 0.2) is 30.3 Å². The highest BCUT2D eigenvalue weighted by Crippen LogP contribution is 2.37. The zero-order chi connectivity index (χ0) is 22.2. The summed E-state index contributed by atoms with van der Waals surface area (Å²) in [6.07, 6.45) is 0.672. The van der Waals surface area contributed by atoms with E-state index in [-0.39, 0.29) is 29.1 Å². The summed E-state index contributed by atoms with van der Waals surface area (Å²) in [6.45, 7) is 0.438. The van der Waals surface area contributed by atoms with E-state index in [1.807, 2.05) is 4.90 Å². The van der Waals surface area contributed by atoms with Crippen molar-refractivity contribution in [3.05, 3.63) is 52.8 Å². The quantitative estimate of drug-likeness (QED) is 0.762. The van der Waals surface area contributed by atoms with Crippen LogP contribution in [0.3, 0.4) is 0 Å². The number of benzene rings is 1. The van der Waals surface area contributed by atoms with Crippen LogP contribution >= 0.6 is 0 Å². The van der Waals surface area contributed by atoms with Crippen LogP contribution < -0.4 is 10.1 Å². The van der Waals surface area contributed by atoms with Crippen LogP contribution in [0.25, 0.3) is 0 Å². The molecule has 1 fully saturated rings. The number of anilines is 1. The Morgan fingerprint density at radius 3 is 2.61 bits per heavy atom.